The summed E-state index contributed by atoms with van der Waals surface area (Å²) in [5.74, 6) is -1.48. The maximum absolute atomic E-state index is 13.3. The van der Waals surface area contributed by atoms with Crippen molar-refractivity contribution in [1.82, 2.24) is 9.97 Å². The Morgan fingerprint density at radius 3 is 1.65 bits per heavy atom. The third kappa shape index (κ3) is 4.15. The minimum absolute atomic E-state index is 0.178. The van der Waals surface area contributed by atoms with Crippen LogP contribution >= 0.6 is 23.2 Å². The molecule has 0 atom stereocenters. The van der Waals surface area contributed by atoms with Crippen molar-refractivity contribution in [3.8, 4) is 22.6 Å². The first-order valence-corrected chi connectivity index (χ1v) is 14.9. The predicted octanol–water partition coefficient (Wildman–Crippen LogP) is 7.87. The summed E-state index contributed by atoms with van der Waals surface area (Å²) in [5.41, 5.74) is 4.27. The lowest BCUT2D eigenvalue weighted by Crippen LogP contribution is -2.29. The molecule has 0 saturated heterocycles. The number of imide groups is 2. The van der Waals surface area contributed by atoms with Gasteiger partial charge in [-0.05, 0) is 66.7 Å². The van der Waals surface area contributed by atoms with Crippen LogP contribution in [0.25, 0.3) is 33.5 Å². The molecule has 2 aliphatic heterocycles. The molecule has 220 valence electrons. The number of rotatable bonds is 4. The van der Waals surface area contributed by atoms with Crippen molar-refractivity contribution >= 4 is 69.1 Å². The Morgan fingerprint density at radius 1 is 0.500 bits per heavy atom. The van der Waals surface area contributed by atoms with Crippen LogP contribution in [0.15, 0.2) is 109 Å². The second kappa shape index (κ2) is 10.4. The van der Waals surface area contributed by atoms with Gasteiger partial charge in [-0.15, -0.1) is 0 Å². The van der Waals surface area contributed by atoms with Crippen LogP contribution in [0.3, 0.4) is 0 Å². The average molecular weight is 641 g/mol. The van der Waals surface area contributed by atoms with Crippen molar-refractivity contribution in [2.45, 2.75) is 0 Å². The van der Waals surface area contributed by atoms with E-state index in [4.69, 9.17) is 33.2 Å². The van der Waals surface area contributed by atoms with Crippen molar-refractivity contribution in [3.63, 3.8) is 0 Å². The third-order valence-electron chi connectivity index (χ3n) is 8.10. The molecule has 0 saturated carbocycles. The molecule has 46 heavy (non-hydrogen) atoms. The molecule has 2 aliphatic rings. The Morgan fingerprint density at radius 2 is 1.07 bits per heavy atom. The largest absolute Gasteiger partial charge is 0.268 e. The quantitative estimate of drug-likeness (QED) is 0.182. The van der Waals surface area contributed by atoms with Gasteiger partial charge < -0.3 is 0 Å². The number of hydrogen-bond donors (Lipinski definition) is 0. The Kier molecular flexibility index (Phi) is 6.32. The van der Waals surface area contributed by atoms with Gasteiger partial charge >= 0.3 is 0 Å². The van der Waals surface area contributed by atoms with E-state index in [-0.39, 0.29) is 32.3 Å². The smallest absolute Gasteiger partial charge is 0.267 e. The Bertz CT molecular complexity index is 2320. The summed E-state index contributed by atoms with van der Waals surface area (Å²) in [5, 5.41) is 1.08. The fraction of sp³-hybridized carbons (Fsp3) is 0. The number of halogens is 2. The fourth-order valence-corrected chi connectivity index (χ4v) is 6.43. The normalized spacial score (nSPS) is 14.0. The van der Waals surface area contributed by atoms with Crippen LogP contribution in [0.4, 0.5) is 11.4 Å². The molecule has 4 amide bonds. The van der Waals surface area contributed by atoms with E-state index >= 15 is 0 Å². The fourth-order valence-electron chi connectivity index (χ4n) is 5.92. The molecule has 0 fully saturated rings. The molecule has 0 radical (unpaired) electrons. The summed E-state index contributed by atoms with van der Waals surface area (Å²) in [6.07, 6.45) is 0. The zero-order chi connectivity index (χ0) is 31.7. The number of hydrogen-bond acceptors (Lipinski definition) is 6. The first-order chi connectivity index (χ1) is 22.3. The number of carbonyl (C=O) groups is 4. The van der Waals surface area contributed by atoms with E-state index in [2.05, 4.69) is 0 Å². The first-order valence-electron chi connectivity index (χ1n) is 14.1. The second-order valence-electron chi connectivity index (χ2n) is 10.7. The molecule has 0 unspecified atom stereocenters. The number of benzene rings is 5. The zero-order valence-electron chi connectivity index (χ0n) is 23.6. The Labute approximate surface area is 271 Å². The van der Waals surface area contributed by atoms with Gasteiger partial charge in [-0.1, -0.05) is 65.7 Å². The van der Waals surface area contributed by atoms with Crippen LogP contribution in [-0.4, -0.2) is 33.6 Å². The lowest BCUT2D eigenvalue weighted by molar-refractivity contribution is 0.0910. The number of aromatic nitrogens is 2. The molecule has 8 rings (SSSR count). The van der Waals surface area contributed by atoms with E-state index in [0.29, 0.717) is 39.4 Å². The van der Waals surface area contributed by atoms with Gasteiger partial charge in [-0.2, -0.15) is 0 Å². The average Bonchev–Trinajstić information content (AvgIpc) is 3.49. The van der Waals surface area contributed by atoms with E-state index in [9.17, 15) is 19.2 Å². The Hall–Kier alpha value is -5.70. The minimum atomic E-state index is -0.496. The predicted molar refractivity (Wildman–Crippen MR) is 176 cm³/mol. The van der Waals surface area contributed by atoms with Crippen molar-refractivity contribution in [1.29, 1.82) is 0 Å². The van der Waals surface area contributed by atoms with Crippen molar-refractivity contribution in [2.75, 3.05) is 9.80 Å². The van der Waals surface area contributed by atoms with Crippen LogP contribution in [0.5, 0.6) is 0 Å². The van der Waals surface area contributed by atoms with E-state index < -0.39 is 23.6 Å². The maximum atomic E-state index is 13.3. The molecular formula is C36H18Cl2N4O4. The molecular weight excluding hydrogens is 623 g/mol. The highest BCUT2D eigenvalue weighted by Crippen LogP contribution is 2.37. The highest BCUT2D eigenvalue weighted by molar-refractivity contribution is 6.43. The molecule has 10 heteroatoms. The molecule has 0 aliphatic carbocycles. The summed E-state index contributed by atoms with van der Waals surface area (Å²) in [4.78, 5) is 64.8. The van der Waals surface area contributed by atoms with E-state index in [0.717, 1.165) is 15.4 Å². The molecule has 8 nitrogen and oxygen atoms in total. The van der Waals surface area contributed by atoms with Crippen LogP contribution in [0, 0.1) is 0 Å². The van der Waals surface area contributed by atoms with E-state index in [1.54, 1.807) is 78.9 Å². The molecule has 0 spiro atoms. The first kappa shape index (κ1) is 27.8. The summed E-state index contributed by atoms with van der Waals surface area (Å²) in [7, 11) is 0. The lowest BCUT2D eigenvalue weighted by atomic mass is 10.0. The molecule has 0 N–H and O–H groups in total. The molecule has 5 aromatic carbocycles. The SMILES string of the molecule is O=C1c2cccc(Cl)c2C(=O)N1c1ccc(-c2nc(-c3ccccc3)c3cc(N4C(=O)c5cccc(Cl)c5C4=O)ccc3n2)cc1. The second-order valence-corrected chi connectivity index (χ2v) is 11.5. The number of anilines is 2. The van der Waals surface area contributed by atoms with Gasteiger partial charge in [0, 0.05) is 16.5 Å². The summed E-state index contributed by atoms with van der Waals surface area (Å²) in [6.45, 7) is 0. The summed E-state index contributed by atoms with van der Waals surface area (Å²) < 4.78 is 0. The monoisotopic (exact) mass is 640 g/mol. The minimum Gasteiger partial charge on any atom is -0.268 e. The van der Waals surface area contributed by atoms with Crippen molar-refractivity contribution < 1.29 is 19.2 Å². The van der Waals surface area contributed by atoms with Gasteiger partial charge in [0.25, 0.3) is 23.6 Å². The van der Waals surface area contributed by atoms with Crippen LogP contribution in [0.1, 0.15) is 41.4 Å². The number of carbonyl (C=O) groups excluding carboxylic acids is 4. The maximum Gasteiger partial charge on any atom is 0.267 e. The van der Waals surface area contributed by atoms with Crippen LogP contribution in [-0.2, 0) is 0 Å². The molecule has 3 heterocycles. The van der Waals surface area contributed by atoms with Crippen LogP contribution < -0.4 is 9.80 Å². The van der Waals surface area contributed by atoms with Gasteiger partial charge in [0.05, 0.1) is 54.9 Å². The van der Waals surface area contributed by atoms with Gasteiger partial charge in [-0.3, -0.25) is 19.2 Å². The standard InChI is InChI=1S/C36H18Cl2N4O4/c37-26-10-4-8-23-29(26)35(45)41(33(23)43)21-14-12-20(13-15-21)32-39-28-17-16-22(18-25(28)31(40-32)19-6-2-1-3-7-19)42-34(44)24-9-5-11-27(38)30(24)36(42)46/h1-18H. The number of amides is 4. The van der Waals surface area contributed by atoms with Gasteiger partial charge in [0.2, 0.25) is 0 Å². The number of nitrogens with zero attached hydrogens (tertiary/aromatic N) is 4. The van der Waals surface area contributed by atoms with Gasteiger partial charge in [0.15, 0.2) is 5.82 Å². The molecule has 0 bridgehead atoms. The highest BCUT2D eigenvalue weighted by Gasteiger charge is 2.39. The zero-order valence-corrected chi connectivity index (χ0v) is 25.1. The van der Waals surface area contributed by atoms with E-state index in [1.165, 1.54) is 0 Å². The Balaban J connectivity index is 1.20. The third-order valence-corrected chi connectivity index (χ3v) is 8.73. The van der Waals surface area contributed by atoms with Gasteiger partial charge in [-0.25, -0.2) is 19.8 Å². The highest BCUT2D eigenvalue weighted by atomic mass is 35.5. The molecule has 6 aromatic rings. The number of fused-ring (bicyclic) bond motifs is 3. The van der Waals surface area contributed by atoms with Crippen molar-refractivity contribution in [3.05, 3.63) is 141 Å². The van der Waals surface area contributed by atoms with Gasteiger partial charge in [0.1, 0.15) is 0 Å². The van der Waals surface area contributed by atoms with E-state index in [1.807, 2.05) is 30.3 Å². The van der Waals surface area contributed by atoms with Crippen molar-refractivity contribution in [2.24, 2.45) is 0 Å². The topological polar surface area (TPSA) is 101 Å². The summed E-state index contributed by atoms with van der Waals surface area (Å²) in [6, 6.07) is 31.1. The summed E-state index contributed by atoms with van der Waals surface area (Å²) >= 11 is 12.5. The molecule has 1 aromatic heterocycles. The lowest BCUT2D eigenvalue weighted by Gasteiger charge is -2.17. The van der Waals surface area contributed by atoms with Crippen LogP contribution in [0.2, 0.25) is 10.0 Å².